The normalized spacial score (nSPS) is 21.5. The maximum Gasteiger partial charge on any atom is 0.413 e. The van der Waals surface area contributed by atoms with Crippen LogP contribution in [0.5, 0.6) is 0 Å². The number of hydrogen-bond donors (Lipinski definition) is 1. The molecule has 0 aromatic heterocycles. The van der Waals surface area contributed by atoms with Gasteiger partial charge in [0.05, 0.1) is 19.3 Å². The number of rotatable bonds is 6. The largest absolute Gasteiger partial charge is 0.444 e. The molecule has 1 N–H and O–H groups in total. The van der Waals surface area contributed by atoms with Gasteiger partial charge in [0.15, 0.2) is 14.5 Å². The molecule has 1 aliphatic rings. The van der Waals surface area contributed by atoms with E-state index in [9.17, 15) is 9.90 Å². The number of nitrogens with zero attached hydrogens (tertiary/aromatic N) is 1. The molecule has 0 saturated carbocycles. The summed E-state index contributed by atoms with van der Waals surface area (Å²) in [4.78, 5) is 14.5. The van der Waals surface area contributed by atoms with Gasteiger partial charge in [0, 0.05) is 0 Å². The van der Waals surface area contributed by atoms with Gasteiger partial charge in [0.1, 0.15) is 11.7 Å². The first-order valence-corrected chi connectivity index (χ1v) is 13.8. The Bertz CT molecular complexity index is 751. The molecule has 1 aromatic carbocycles. The SMILES string of the molecule is CC(C)(C)OC(=O)N1[C@@H]([C@@H](O)/C=C/CO[Si](C)(C)C(C)(C)C)OC[C@H]1c1ccccc1. The van der Waals surface area contributed by atoms with E-state index in [1.54, 1.807) is 12.2 Å². The molecular weight excluding hydrogens is 410 g/mol. The van der Waals surface area contributed by atoms with Gasteiger partial charge < -0.3 is 19.0 Å². The molecule has 0 spiro atoms. The van der Waals surface area contributed by atoms with Gasteiger partial charge in [-0.3, -0.25) is 4.90 Å². The number of carbonyl (C=O) groups excluding carboxylic acids is 1. The predicted molar refractivity (Wildman–Crippen MR) is 125 cm³/mol. The third kappa shape index (κ3) is 6.90. The number of amides is 1. The average Bonchev–Trinajstić information content (AvgIpc) is 3.09. The van der Waals surface area contributed by atoms with Crippen LogP contribution in [-0.4, -0.2) is 55.6 Å². The number of carbonyl (C=O) groups is 1. The van der Waals surface area contributed by atoms with Crippen LogP contribution in [0.1, 0.15) is 53.1 Å². The Kier molecular flexibility index (Phi) is 8.14. The second-order valence-corrected chi connectivity index (χ2v) is 15.3. The lowest BCUT2D eigenvalue weighted by Crippen LogP contribution is -2.46. The van der Waals surface area contributed by atoms with Crippen LogP contribution >= 0.6 is 0 Å². The lowest BCUT2D eigenvalue weighted by molar-refractivity contribution is -0.0549. The number of benzene rings is 1. The molecule has 0 unspecified atom stereocenters. The molecule has 6 nitrogen and oxygen atoms in total. The fourth-order valence-electron chi connectivity index (χ4n) is 3.03. The molecular formula is C24H39NO5Si. The van der Waals surface area contributed by atoms with E-state index < -0.39 is 32.3 Å². The summed E-state index contributed by atoms with van der Waals surface area (Å²) >= 11 is 0. The predicted octanol–water partition coefficient (Wildman–Crippen LogP) is 5.26. The number of hydrogen-bond acceptors (Lipinski definition) is 5. The van der Waals surface area contributed by atoms with Crippen LogP contribution < -0.4 is 0 Å². The topological polar surface area (TPSA) is 68.2 Å². The van der Waals surface area contributed by atoms with Crippen molar-refractivity contribution in [1.29, 1.82) is 0 Å². The minimum atomic E-state index is -1.87. The summed E-state index contributed by atoms with van der Waals surface area (Å²) in [7, 11) is -1.87. The highest BCUT2D eigenvalue weighted by molar-refractivity contribution is 6.74. The molecule has 1 fully saturated rings. The minimum absolute atomic E-state index is 0.116. The van der Waals surface area contributed by atoms with Gasteiger partial charge in [-0.2, -0.15) is 0 Å². The van der Waals surface area contributed by atoms with E-state index in [1.807, 2.05) is 51.1 Å². The Morgan fingerprint density at radius 1 is 1.23 bits per heavy atom. The molecule has 0 aliphatic carbocycles. The molecule has 1 amide bonds. The molecule has 0 radical (unpaired) electrons. The molecule has 1 saturated heterocycles. The summed E-state index contributed by atoms with van der Waals surface area (Å²) in [5.41, 5.74) is 0.289. The second kappa shape index (κ2) is 9.86. The van der Waals surface area contributed by atoms with Crippen LogP contribution in [0, 0.1) is 0 Å². The summed E-state index contributed by atoms with van der Waals surface area (Å²) in [6, 6.07) is 9.34. The monoisotopic (exact) mass is 449 g/mol. The molecule has 31 heavy (non-hydrogen) atoms. The highest BCUT2D eigenvalue weighted by atomic mass is 28.4. The summed E-state index contributed by atoms with van der Waals surface area (Å²) in [6.45, 7) is 17.1. The van der Waals surface area contributed by atoms with Crippen LogP contribution in [0.15, 0.2) is 42.5 Å². The molecule has 174 valence electrons. The van der Waals surface area contributed by atoms with E-state index >= 15 is 0 Å². The third-order valence-corrected chi connectivity index (χ3v) is 10.3. The fraction of sp³-hybridized carbons (Fsp3) is 0.625. The van der Waals surface area contributed by atoms with Gasteiger partial charge >= 0.3 is 6.09 Å². The van der Waals surface area contributed by atoms with Crippen molar-refractivity contribution >= 4 is 14.4 Å². The van der Waals surface area contributed by atoms with Crippen LogP contribution in [-0.2, 0) is 13.9 Å². The number of aliphatic hydroxyl groups excluding tert-OH is 1. The van der Waals surface area contributed by atoms with Crippen LogP contribution in [0.4, 0.5) is 4.79 Å². The summed E-state index contributed by atoms with van der Waals surface area (Å²) < 4.78 is 17.6. The standard InChI is InChI=1S/C24H39NO5Si/c1-23(2,3)30-22(27)25-19(18-13-10-9-11-14-18)17-28-21(25)20(26)15-12-16-29-31(7,8)24(4,5)6/h9-15,19-21,26H,16-17H2,1-8H3/b15-12+/t19-,20-,21+/m0/s1. The Morgan fingerprint density at radius 3 is 2.39 bits per heavy atom. The van der Waals surface area contributed by atoms with Crippen molar-refractivity contribution in [2.75, 3.05) is 13.2 Å². The molecule has 2 rings (SSSR count). The van der Waals surface area contributed by atoms with E-state index in [0.717, 1.165) is 5.56 Å². The summed E-state index contributed by atoms with van der Waals surface area (Å²) in [5.74, 6) is 0. The van der Waals surface area contributed by atoms with E-state index in [2.05, 4.69) is 33.9 Å². The zero-order valence-electron chi connectivity index (χ0n) is 20.2. The summed E-state index contributed by atoms with van der Waals surface area (Å²) in [6.07, 6.45) is 1.11. The average molecular weight is 450 g/mol. The highest BCUT2D eigenvalue weighted by Gasteiger charge is 2.44. The minimum Gasteiger partial charge on any atom is -0.444 e. The van der Waals surface area contributed by atoms with Crippen LogP contribution in [0.2, 0.25) is 18.1 Å². The first kappa shape index (κ1) is 25.6. The van der Waals surface area contributed by atoms with Gasteiger partial charge in [0.2, 0.25) is 0 Å². The Hall–Kier alpha value is -1.67. The van der Waals surface area contributed by atoms with Gasteiger partial charge in [-0.25, -0.2) is 4.79 Å². The van der Waals surface area contributed by atoms with Gasteiger partial charge in [-0.1, -0.05) is 63.3 Å². The lowest BCUT2D eigenvalue weighted by atomic mass is 10.1. The zero-order chi connectivity index (χ0) is 23.4. The first-order chi connectivity index (χ1) is 14.2. The van der Waals surface area contributed by atoms with Crippen molar-refractivity contribution in [2.45, 2.75) is 83.6 Å². The first-order valence-electron chi connectivity index (χ1n) is 10.9. The number of aliphatic hydroxyl groups is 1. The van der Waals surface area contributed by atoms with E-state index in [0.29, 0.717) is 13.2 Å². The van der Waals surface area contributed by atoms with Crippen molar-refractivity contribution in [3.05, 3.63) is 48.0 Å². The van der Waals surface area contributed by atoms with E-state index in [4.69, 9.17) is 13.9 Å². The Morgan fingerprint density at radius 2 is 1.84 bits per heavy atom. The van der Waals surface area contributed by atoms with Crippen LogP contribution in [0.25, 0.3) is 0 Å². The maximum atomic E-state index is 13.0. The molecule has 0 bridgehead atoms. The van der Waals surface area contributed by atoms with Gasteiger partial charge in [0.25, 0.3) is 0 Å². The Balaban J connectivity index is 2.14. The van der Waals surface area contributed by atoms with Crippen LogP contribution in [0.3, 0.4) is 0 Å². The molecule has 3 atom stereocenters. The fourth-order valence-corrected chi connectivity index (χ4v) is 3.98. The van der Waals surface area contributed by atoms with Crippen molar-refractivity contribution < 1.29 is 23.8 Å². The molecule has 7 heteroatoms. The van der Waals surface area contributed by atoms with Gasteiger partial charge in [-0.05, 0) is 44.5 Å². The summed E-state index contributed by atoms with van der Waals surface area (Å²) in [5, 5.41) is 10.9. The molecule has 1 aromatic rings. The second-order valence-electron chi connectivity index (χ2n) is 10.5. The smallest absolute Gasteiger partial charge is 0.413 e. The van der Waals surface area contributed by atoms with Crippen molar-refractivity contribution in [3.8, 4) is 0 Å². The van der Waals surface area contributed by atoms with E-state index in [1.165, 1.54) is 4.90 Å². The van der Waals surface area contributed by atoms with Crippen molar-refractivity contribution in [3.63, 3.8) is 0 Å². The Labute approximate surface area is 188 Å². The zero-order valence-corrected chi connectivity index (χ0v) is 21.2. The number of ether oxygens (including phenoxy) is 2. The lowest BCUT2D eigenvalue weighted by Gasteiger charge is -2.35. The quantitative estimate of drug-likeness (QED) is 0.474. The van der Waals surface area contributed by atoms with Crippen molar-refractivity contribution in [2.24, 2.45) is 0 Å². The van der Waals surface area contributed by atoms with Crippen molar-refractivity contribution in [1.82, 2.24) is 4.90 Å². The highest BCUT2D eigenvalue weighted by Crippen LogP contribution is 2.36. The third-order valence-electron chi connectivity index (χ3n) is 5.80. The maximum absolute atomic E-state index is 13.0. The molecule has 1 heterocycles. The van der Waals surface area contributed by atoms with Gasteiger partial charge in [-0.15, -0.1) is 0 Å². The molecule has 1 aliphatic heterocycles. The van der Waals surface area contributed by atoms with E-state index in [-0.39, 0.29) is 11.1 Å².